The van der Waals surface area contributed by atoms with Crippen molar-refractivity contribution in [2.75, 3.05) is 12.3 Å². The fourth-order valence-electron chi connectivity index (χ4n) is 2.10. The second-order valence-electron chi connectivity index (χ2n) is 4.74. The van der Waals surface area contributed by atoms with Crippen LogP contribution in [0.1, 0.15) is 19.5 Å². The molecule has 1 atom stereocenters. The third-order valence-corrected chi connectivity index (χ3v) is 3.81. The summed E-state index contributed by atoms with van der Waals surface area (Å²) in [6, 6.07) is 0. The van der Waals surface area contributed by atoms with Crippen LogP contribution in [0.4, 0.5) is 0 Å². The van der Waals surface area contributed by atoms with E-state index in [0.717, 1.165) is 4.57 Å². The van der Waals surface area contributed by atoms with Crippen LogP contribution in [0.3, 0.4) is 0 Å². The minimum Gasteiger partial charge on any atom is -0.427 e. The van der Waals surface area contributed by atoms with Crippen molar-refractivity contribution in [3.05, 3.63) is 44.8 Å². The van der Waals surface area contributed by atoms with Gasteiger partial charge in [-0.25, -0.2) is 4.57 Å². The van der Waals surface area contributed by atoms with Gasteiger partial charge in [0.1, 0.15) is 0 Å². The lowest BCUT2D eigenvalue weighted by Gasteiger charge is -2.31. The summed E-state index contributed by atoms with van der Waals surface area (Å²) in [5.74, 6) is -0.967. The van der Waals surface area contributed by atoms with Crippen LogP contribution in [0.5, 0.6) is 0 Å². The lowest BCUT2D eigenvalue weighted by atomic mass is 10.2. The first kappa shape index (κ1) is 16.2. The van der Waals surface area contributed by atoms with Gasteiger partial charge in [0.15, 0.2) is 11.9 Å². The molecule has 22 heavy (non-hydrogen) atoms. The van der Waals surface area contributed by atoms with Crippen LogP contribution in [0.15, 0.2) is 33.7 Å². The van der Waals surface area contributed by atoms with Gasteiger partial charge < -0.3 is 9.64 Å². The SMILES string of the molecule is CC(=O)OC1=CC=CN(CCCS(=O)(=O)O)C1n1c(=O)c1=O. The summed E-state index contributed by atoms with van der Waals surface area (Å²) in [5.41, 5.74) is -1.42. The van der Waals surface area contributed by atoms with E-state index in [9.17, 15) is 22.8 Å². The molecule has 0 spiro atoms. The number of nitrogens with zero attached hydrogens (tertiary/aromatic N) is 2. The predicted molar refractivity (Wildman–Crippen MR) is 75.1 cm³/mol. The van der Waals surface area contributed by atoms with Crippen molar-refractivity contribution in [1.82, 2.24) is 9.47 Å². The fourth-order valence-corrected chi connectivity index (χ4v) is 2.60. The maximum Gasteiger partial charge on any atom is 0.321 e. The average Bonchev–Trinajstić information content (AvgIpc) is 2.95. The van der Waals surface area contributed by atoms with Crippen molar-refractivity contribution in [2.24, 2.45) is 0 Å². The lowest BCUT2D eigenvalue weighted by molar-refractivity contribution is -0.138. The Kier molecular flexibility index (Phi) is 4.33. The monoisotopic (exact) mass is 330 g/mol. The van der Waals surface area contributed by atoms with Crippen molar-refractivity contribution >= 4 is 16.1 Å². The number of carbonyl (C=O) groups excluding carboxylic acids is 1. The minimum atomic E-state index is -4.10. The third-order valence-electron chi connectivity index (χ3n) is 3.00. The number of hydrogen-bond acceptors (Lipinski definition) is 7. The second-order valence-corrected chi connectivity index (χ2v) is 6.31. The molecule has 0 radical (unpaired) electrons. The maximum absolute atomic E-state index is 11.3. The van der Waals surface area contributed by atoms with Crippen LogP contribution in [-0.2, 0) is 19.6 Å². The second kappa shape index (κ2) is 5.89. The fraction of sp³-hybridized carbons (Fsp3) is 0.417. The van der Waals surface area contributed by atoms with Gasteiger partial charge in [-0.2, -0.15) is 8.42 Å². The molecule has 0 aromatic carbocycles. The molecule has 1 aromatic heterocycles. The highest BCUT2D eigenvalue weighted by molar-refractivity contribution is 7.85. The predicted octanol–water partition coefficient (Wildman–Crippen LogP) is -0.863. The molecule has 0 amide bonds. The van der Waals surface area contributed by atoms with Crippen LogP contribution in [0, 0.1) is 0 Å². The number of hydrogen-bond donors (Lipinski definition) is 1. The zero-order valence-corrected chi connectivity index (χ0v) is 12.4. The summed E-state index contributed by atoms with van der Waals surface area (Å²) in [7, 11) is -4.10. The Balaban J connectivity index is 2.18. The molecule has 0 aliphatic carbocycles. The molecule has 1 unspecified atom stereocenters. The van der Waals surface area contributed by atoms with E-state index in [1.54, 1.807) is 12.3 Å². The van der Waals surface area contributed by atoms with Crippen LogP contribution < -0.4 is 11.1 Å². The number of esters is 1. The molecule has 2 heterocycles. The lowest BCUT2D eigenvalue weighted by Crippen LogP contribution is -2.34. The normalized spacial score (nSPS) is 18.5. The van der Waals surface area contributed by atoms with E-state index in [1.807, 2.05) is 0 Å². The van der Waals surface area contributed by atoms with Gasteiger partial charge in [-0.3, -0.25) is 18.9 Å². The van der Waals surface area contributed by atoms with Gasteiger partial charge in [0, 0.05) is 19.7 Å². The number of rotatable bonds is 6. The zero-order valence-electron chi connectivity index (χ0n) is 11.6. The van der Waals surface area contributed by atoms with Crippen molar-refractivity contribution in [2.45, 2.75) is 19.5 Å². The van der Waals surface area contributed by atoms with Gasteiger partial charge in [-0.05, 0) is 18.6 Å². The van der Waals surface area contributed by atoms with Crippen LogP contribution >= 0.6 is 0 Å². The van der Waals surface area contributed by atoms with E-state index in [4.69, 9.17) is 9.29 Å². The Bertz CT molecular complexity index is 785. The molecular weight excluding hydrogens is 316 g/mol. The van der Waals surface area contributed by atoms with Gasteiger partial charge in [-0.1, -0.05) is 0 Å². The molecule has 0 saturated heterocycles. The summed E-state index contributed by atoms with van der Waals surface area (Å²) in [4.78, 5) is 35.3. The summed E-state index contributed by atoms with van der Waals surface area (Å²) >= 11 is 0. The van der Waals surface area contributed by atoms with Gasteiger partial charge in [0.2, 0.25) is 0 Å². The first-order valence-electron chi connectivity index (χ1n) is 6.36. The molecule has 1 N–H and O–H groups in total. The highest BCUT2D eigenvalue weighted by Gasteiger charge is 2.35. The Morgan fingerprint density at radius 3 is 2.50 bits per heavy atom. The minimum absolute atomic E-state index is 0.0727. The van der Waals surface area contributed by atoms with Crippen LogP contribution in [-0.4, -0.2) is 40.7 Å². The molecule has 10 heteroatoms. The van der Waals surface area contributed by atoms with Crippen molar-refractivity contribution in [1.29, 1.82) is 0 Å². The summed E-state index contributed by atoms with van der Waals surface area (Å²) < 4.78 is 36.1. The average molecular weight is 330 g/mol. The Hall–Kier alpha value is -2.20. The van der Waals surface area contributed by atoms with E-state index in [0.29, 0.717) is 0 Å². The number of aromatic nitrogens is 1. The quantitative estimate of drug-likeness (QED) is 0.406. The highest BCUT2D eigenvalue weighted by Crippen LogP contribution is 2.26. The molecule has 120 valence electrons. The zero-order chi connectivity index (χ0) is 16.5. The molecule has 1 aliphatic rings. The molecular formula is C12H14N2O7S. The standard InChI is InChI=1S/C12H14N2O7S/c1-8(15)21-9-4-2-5-13(6-3-7-22(18,19)20)10(9)14-11(16)12(14)17/h2,4-5,10H,3,6-7H2,1H3,(H,18,19,20). The first-order chi connectivity index (χ1) is 10.2. The number of ether oxygens (including phenoxy) is 1. The summed E-state index contributed by atoms with van der Waals surface area (Å²) in [6.07, 6.45) is 3.68. The first-order valence-corrected chi connectivity index (χ1v) is 7.97. The molecule has 1 aliphatic heterocycles. The van der Waals surface area contributed by atoms with E-state index in [2.05, 4.69) is 0 Å². The molecule has 0 bridgehead atoms. The molecule has 9 nitrogen and oxygen atoms in total. The van der Waals surface area contributed by atoms with Crippen LogP contribution in [0.2, 0.25) is 0 Å². The Labute approximate surface area is 125 Å². The van der Waals surface area contributed by atoms with Gasteiger partial charge in [0.25, 0.3) is 10.1 Å². The Morgan fingerprint density at radius 1 is 1.36 bits per heavy atom. The Morgan fingerprint density at radius 2 is 2.00 bits per heavy atom. The number of carbonyl (C=O) groups is 1. The smallest absolute Gasteiger partial charge is 0.321 e. The molecule has 0 fully saturated rings. The van der Waals surface area contributed by atoms with E-state index >= 15 is 0 Å². The van der Waals surface area contributed by atoms with E-state index in [-0.39, 0.29) is 18.7 Å². The topological polar surface area (TPSA) is 123 Å². The van der Waals surface area contributed by atoms with Gasteiger partial charge in [0.05, 0.1) is 5.75 Å². The summed E-state index contributed by atoms with van der Waals surface area (Å²) in [5, 5.41) is 0. The maximum atomic E-state index is 11.3. The van der Waals surface area contributed by atoms with Crippen LogP contribution in [0.25, 0.3) is 0 Å². The number of allylic oxidation sites excluding steroid dienone is 2. The summed E-state index contributed by atoms with van der Waals surface area (Å²) in [6.45, 7) is 1.32. The van der Waals surface area contributed by atoms with Gasteiger partial charge >= 0.3 is 17.1 Å². The highest BCUT2D eigenvalue weighted by atomic mass is 32.2. The van der Waals surface area contributed by atoms with E-state index < -0.39 is 39.1 Å². The third kappa shape index (κ3) is 3.71. The van der Waals surface area contributed by atoms with Gasteiger partial charge in [-0.15, -0.1) is 0 Å². The molecule has 2 rings (SSSR count). The molecule has 0 saturated carbocycles. The van der Waals surface area contributed by atoms with E-state index in [1.165, 1.54) is 17.9 Å². The van der Waals surface area contributed by atoms with Crippen molar-refractivity contribution in [3.63, 3.8) is 0 Å². The van der Waals surface area contributed by atoms with Crippen molar-refractivity contribution in [3.8, 4) is 0 Å². The van der Waals surface area contributed by atoms with Crippen molar-refractivity contribution < 1.29 is 22.5 Å². The molecule has 1 aromatic rings. The largest absolute Gasteiger partial charge is 0.427 e.